The quantitative estimate of drug-likeness (QED) is 0.603. The Morgan fingerprint density at radius 1 is 1.20 bits per heavy atom. The average molecular weight is 193 g/mol. The van der Waals surface area contributed by atoms with Crippen molar-refractivity contribution in [3.63, 3.8) is 0 Å². The second-order valence-electron chi connectivity index (χ2n) is 4.27. The minimum Gasteiger partial charge on any atom is -0.339 e. The summed E-state index contributed by atoms with van der Waals surface area (Å²) in [6.07, 6.45) is 10.0. The molecule has 1 unspecified atom stereocenters. The molecule has 15 heavy (non-hydrogen) atoms. The molecule has 2 aromatic rings. The van der Waals surface area contributed by atoms with Crippen molar-refractivity contribution in [2.24, 2.45) is 0 Å². The number of aromatic nitrogens is 1. The van der Waals surface area contributed by atoms with Gasteiger partial charge in [0.25, 0.3) is 0 Å². The van der Waals surface area contributed by atoms with E-state index in [1.165, 1.54) is 22.0 Å². The third kappa shape index (κ3) is 0.793. The normalized spacial score (nSPS) is 21.9. The van der Waals surface area contributed by atoms with Crippen molar-refractivity contribution in [3.05, 3.63) is 54.3 Å². The summed E-state index contributed by atoms with van der Waals surface area (Å²) in [5.74, 6) is 0. The molecule has 1 aliphatic heterocycles. The highest BCUT2D eigenvalue weighted by Gasteiger charge is 2.28. The maximum absolute atomic E-state index is 2.42. The zero-order valence-electron chi connectivity index (χ0n) is 8.35. The number of fused-ring (bicyclic) bond motifs is 3. The summed E-state index contributed by atoms with van der Waals surface area (Å²) in [5.41, 5.74) is 4.32. The summed E-state index contributed by atoms with van der Waals surface area (Å²) < 4.78 is 2.42. The molecule has 0 radical (unpaired) electrons. The lowest BCUT2D eigenvalue weighted by molar-refractivity contribution is 0.665. The first-order chi connectivity index (χ1) is 7.45. The first kappa shape index (κ1) is 7.52. The molecule has 1 heteroatoms. The van der Waals surface area contributed by atoms with Gasteiger partial charge in [0.05, 0.1) is 11.6 Å². The predicted molar refractivity (Wildman–Crippen MR) is 62.7 cm³/mol. The molecular formula is C14H11N. The number of allylic oxidation sites excluding steroid dienone is 4. The van der Waals surface area contributed by atoms with Crippen molar-refractivity contribution in [1.29, 1.82) is 0 Å². The van der Waals surface area contributed by atoms with Crippen molar-refractivity contribution < 1.29 is 0 Å². The Bertz CT molecular complexity index is 613. The minimum absolute atomic E-state index is 0.546. The van der Waals surface area contributed by atoms with Gasteiger partial charge in [0.15, 0.2) is 0 Å². The van der Waals surface area contributed by atoms with Crippen molar-refractivity contribution in [1.82, 2.24) is 4.57 Å². The fraction of sp³-hybridized carbons (Fsp3) is 0.143. The van der Waals surface area contributed by atoms with Crippen molar-refractivity contribution >= 4 is 16.5 Å². The van der Waals surface area contributed by atoms with E-state index in [1.807, 2.05) is 0 Å². The zero-order valence-corrected chi connectivity index (χ0v) is 8.35. The fourth-order valence-corrected chi connectivity index (χ4v) is 2.86. The van der Waals surface area contributed by atoms with E-state index in [0.29, 0.717) is 6.04 Å². The Balaban J connectivity index is 2.17. The minimum atomic E-state index is 0.546. The highest BCUT2D eigenvalue weighted by Crippen LogP contribution is 2.44. The smallest absolute Gasteiger partial charge is 0.0627 e. The van der Waals surface area contributed by atoms with E-state index in [2.05, 4.69) is 53.3 Å². The van der Waals surface area contributed by atoms with Crippen LogP contribution in [-0.2, 0) is 0 Å². The van der Waals surface area contributed by atoms with E-state index < -0.39 is 0 Å². The molecule has 1 atom stereocenters. The van der Waals surface area contributed by atoms with Gasteiger partial charge in [-0.2, -0.15) is 0 Å². The number of hydrogen-bond donors (Lipinski definition) is 0. The number of rotatable bonds is 0. The van der Waals surface area contributed by atoms with Crippen LogP contribution in [0, 0.1) is 0 Å². The third-order valence-corrected chi connectivity index (χ3v) is 3.52. The van der Waals surface area contributed by atoms with Crippen molar-refractivity contribution in [2.75, 3.05) is 0 Å². The average Bonchev–Trinajstić information content (AvgIpc) is 2.85. The lowest BCUT2D eigenvalue weighted by Gasteiger charge is -2.16. The second kappa shape index (κ2) is 2.43. The molecule has 0 N–H and O–H groups in total. The van der Waals surface area contributed by atoms with Crippen molar-refractivity contribution in [3.8, 4) is 0 Å². The fourth-order valence-electron chi connectivity index (χ4n) is 2.86. The Labute approximate surface area is 88.3 Å². The Morgan fingerprint density at radius 2 is 2.20 bits per heavy atom. The molecule has 2 aliphatic rings. The van der Waals surface area contributed by atoms with E-state index in [-0.39, 0.29) is 0 Å². The summed E-state index contributed by atoms with van der Waals surface area (Å²) in [4.78, 5) is 0. The van der Waals surface area contributed by atoms with Gasteiger partial charge < -0.3 is 4.57 Å². The molecule has 0 spiro atoms. The van der Waals surface area contributed by atoms with Gasteiger partial charge in [-0.05, 0) is 18.1 Å². The molecule has 0 bridgehead atoms. The molecule has 0 saturated carbocycles. The standard InChI is InChI=1S/C14H11N/c1-2-7-13-11(5-1)12-6-3-4-10-8-9-15(13)14(10)12/h1-6,8-9,13H,7H2. The number of para-hydroxylation sites is 1. The summed E-state index contributed by atoms with van der Waals surface area (Å²) in [6.45, 7) is 0. The van der Waals surface area contributed by atoms with E-state index in [0.717, 1.165) is 6.42 Å². The van der Waals surface area contributed by atoms with Gasteiger partial charge in [-0.1, -0.05) is 36.4 Å². The van der Waals surface area contributed by atoms with Crippen LogP contribution in [0.25, 0.3) is 16.5 Å². The lowest BCUT2D eigenvalue weighted by Crippen LogP contribution is -2.03. The Kier molecular flexibility index (Phi) is 1.22. The number of benzene rings is 1. The van der Waals surface area contributed by atoms with Gasteiger partial charge in [-0.15, -0.1) is 0 Å². The third-order valence-electron chi connectivity index (χ3n) is 3.52. The SMILES string of the molecule is C1=CCC2C(=C1)c1cccc3ccn2c13. The topological polar surface area (TPSA) is 4.93 Å². The van der Waals surface area contributed by atoms with E-state index in [1.54, 1.807) is 0 Å². The lowest BCUT2D eigenvalue weighted by atomic mass is 9.95. The molecule has 0 saturated heterocycles. The van der Waals surface area contributed by atoms with Crippen LogP contribution in [0.3, 0.4) is 0 Å². The maximum atomic E-state index is 2.42. The van der Waals surface area contributed by atoms with Gasteiger partial charge in [0.1, 0.15) is 0 Å². The second-order valence-corrected chi connectivity index (χ2v) is 4.27. The molecule has 1 aromatic carbocycles. The number of nitrogens with zero attached hydrogens (tertiary/aromatic N) is 1. The van der Waals surface area contributed by atoms with Crippen LogP contribution in [0.15, 0.2) is 48.7 Å². The highest BCUT2D eigenvalue weighted by atomic mass is 15.0. The Morgan fingerprint density at radius 3 is 3.20 bits per heavy atom. The van der Waals surface area contributed by atoms with Gasteiger partial charge in [-0.25, -0.2) is 0 Å². The highest BCUT2D eigenvalue weighted by molar-refractivity contribution is 5.97. The van der Waals surface area contributed by atoms with E-state index in [4.69, 9.17) is 0 Å². The van der Waals surface area contributed by atoms with Gasteiger partial charge >= 0.3 is 0 Å². The molecule has 1 aliphatic carbocycles. The summed E-state index contributed by atoms with van der Waals surface area (Å²) in [5, 5.41) is 1.36. The van der Waals surface area contributed by atoms with Gasteiger partial charge in [0, 0.05) is 17.1 Å². The molecular weight excluding hydrogens is 182 g/mol. The summed E-state index contributed by atoms with van der Waals surface area (Å²) in [6, 6.07) is 9.35. The first-order valence-electron chi connectivity index (χ1n) is 5.42. The molecule has 72 valence electrons. The molecule has 1 aromatic heterocycles. The molecule has 1 nitrogen and oxygen atoms in total. The maximum Gasteiger partial charge on any atom is 0.0627 e. The van der Waals surface area contributed by atoms with Crippen LogP contribution >= 0.6 is 0 Å². The van der Waals surface area contributed by atoms with E-state index >= 15 is 0 Å². The zero-order chi connectivity index (χ0) is 9.83. The first-order valence-corrected chi connectivity index (χ1v) is 5.42. The largest absolute Gasteiger partial charge is 0.339 e. The molecule has 0 fully saturated rings. The van der Waals surface area contributed by atoms with Crippen LogP contribution in [0.2, 0.25) is 0 Å². The van der Waals surface area contributed by atoms with E-state index in [9.17, 15) is 0 Å². The van der Waals surface area contributed by atoms with Crippen LogP contribution in [-0.4, -0.2) is 4.57 Å². The Hall–Kier alpha value is -1.76. The van der Waals surface area contributed by atoms with Gasteiger partial charge in [0.2, 0.25) is 0 Å². The summed E-state index contributed by atoms with van der Waals surface area (Å²) >= 11 is 0. The molecule has 0 amide bonds. The van der Waals surface area contributed by atoms with Crippen LogP contribution < -0.4 is 0 Å². The molecule has 2 heterocycles. The van der Waals surface area contributed by atoms with Crippen LogP contribution in [0.4, 0.5) is 0 Å². The molecule has 4 rings (SSSR count). The number of hydrogen-bond acceptors (Lipinski definition) is 0. The van der Waals surface area contributed by atoms with Crippen molar-refractivity contribution in [2.45, 2.75) is 12.5 Å². The predicted octanol–water partition coefficient (Wildman–Crippen LogP) is 3.54. The summed E-state index contributed by atoms with van der Waals surface area (Å²) in [7, 11) is 0. The van der Waals surface area contributed by atoms with Crippen LogP contribution in [0.5, 0.6) is 0 Å². The van der Waals surface area contributed by atoms with Gasteiger partial charge in [-0.3, -0.25) is 0 Å². The monoisotopic (exact) mass is 193 g/mol. The van der Waals surface area contributed by atoms with Crippen LogP contribution in [0.1, 0.15) is 18.0 Å².